The summed E-state index contributed by atoms with van der Waals surface area (Å²) in [5.41, 5.74) is 2.09. The number of non-ortho nitro benzene ring substituents is 1. The Morgan fingerprint density at radius 1 is 1.12 bits per heavy atom. The summed E-state index contributed by atoms with van der Waals surface area (Å²) in [7, 11) is -3.50. The van der Waals surface area contributed by atoms with Gasteiger partial charge in [0, 0.05) is 12.1 Å². The Kier molecular flexibility index (Phi) is 4.54. The maximum Gasteiger partial charge on any atom is 0.269 e. The third-order valence-electron chi connectivity index (χ3n) is 3.86. The Bertz CT molecular complexity index is 1020. The molecule has 130 valence electrons. The molecule has 0 bridgehead atoms. The number of imidazole rings is 1. The quantitative estimate of drug-likeness (QED) is 0.497. The number of nitro groups is 1. The summed E-state index contributed by atoms with van der Waals surface area (Å²) in [6.45, 7) is 2.08. The van der Waals surface area contributed by atoms with E-state index in [1.54, 1.807) is 29.7 Å². The molecule has 3 rings (SSSR count). The Hall–Kier alpha value is -2.74. The lowest BCUT2D eigenvalue weighted by Gasteiger charge is -2.09. The first kappa shape index (κ1) is 17.1. The van der Waals surface area contributed by atoms with Gasteiger partial charge >= 0.3 is 0 Å². The average molecular weight is 359 g/mol. The summed E-state index contributed by atoms with van der Waals surface area (Å²) >= 11 is 0. The molecule has 2 aromatic carbocycles. The van der Waals surface area contributed by atoms with Gasteiger partial charge in [0.15, 0.2) is 0 Å². The Morgan fingerprint density at radius 3 is 2.44 bits per heavy atom. The van der Waals surface area contributed by atoms with Crippen molar-refractivity contribution in [2.75, 3.05) is 5.75 Å². The third kappa shape index (κ3) is 3.39. The van der Waals surface area contributed by atoms with Gasteiger partial charge in [-0.1, -0.05) is 31.2 Å². The molecule has 3 aromatic rings. The highest BCUT2D eigenvalue weighted by molar-refractivity contribution is 7.91. The van der Waals surface area contributed by atoms with Gasteiger partial charge in [0.2, 0.25) is 15.0 Å². The van der Waals surface area contributed by atoms with Crippen molar-refractivity contribution in [2.45, 2.75) is 25.0 Å². The van der Waals surface area contributed by atoms with Crippen LogP contribution in [-0.4, -0.2) is 28.6 Å². The van der Waals surface area contributed by atoms with E-state index in [4.69, 9.17) is 0 Å². The maximum absolute atomic E-state index is 12.6. The van der Waals surface area contributed by atoms with Crippen LogP contribution in [0, 0.1) is 10.1 Å². The maximum atomic E-state index is 12.6. The molecule has 0 aliphatic rings. The topological polar surface area (TPSA) is 95.1 Å². The average Bonchev–Trinajstić information content (AvgIpc) is 2.95. The van der Waals surface area contributed by atoms with Gasteiger partial charge in [0.1, 0.15) is 0 Å². The first-order valence-corrected chi connectivity index (χ1v) is 9.49. The SMILES string of the molecule is CCCS(=O)(=O)c1nc2ccccc2n1Cc1ccc([N+](=O)[O-])cc1. The van der Waals surface area contributed by atoms with Crippen LogP contribution in [0.2, 0.25) is 0 Å². The van der Waals surface area contributed by atoms with Crippen LogP contribution < -0.4 is 0 Å². The van der Waals surface area contributed by atoms with Gasteiger partial charge in [-0.15, -0.1) is 0 Å². The van der Waals surface area contributed by atoms with Crippen LogP contribution in [0.5, 0.6) is 0 Å². The molecule has 0 radical (unpaired) electrons. The van der Waals surface area contributed by atoms with Crippen molar-refractivity contribution in [1.82, 2.24) is 9.55 Å². The van der Waals surface area contributed by atoms with E-state index in [1.807, 2.05) is 18.2 Å². The van der Waals surface area contributed by atoms with E-state index in [2.05, 4.69) is 4.98 Å². The zero-order valence-corrected chi connectivity index (χ0v) is 14.4. The molecule has 0 aliphatic carbocycles. The zero-order chi connectivity index (χ0) is 18.0. The highest BCUT2D eigenvalue weighted by Gasteiger charge is 2.23. The molecule has 0 saturated heterocycles. The molecule has 0 amide bonds. The normalized spacial score (nSPS) is 11.7. The molecule has 0 fully saturated rings. The van der Waals surface area contributed by atoms with E-state index in [-0.39, 0.29) is 23.1 Å². The van der Waals surface area contributed by atoms with Gasteiger partial charge < -0.3 is 4.57 Å². The second-order valence-corrected chi connectivity index (χ2v) is 7.71. The summed E-state index contributed by atoms with van der Waals surface area (Å²) < 4.78 is 26.8. The van der Waals surface area contributed by atoms with Gasteiger partial charge in [0.25, 0.3) is 5.69 Å². The van der Waals surface area contributed by atoms with E-state index >= 15 is 0 Å². The van der Waals surface area contributed by atoms with Crippen LogP contribution in [0.1, 0.15) is 18.9 Å². The number of benzene rings is 2. The fourth-order valence-electron chi connectivity index (χ4n) is 2.71. The number of para-hydroxylation sites is 2. The van der Waals surface area contributed by atoms with E-state index in [0.717, 1.165) is 11.1 Å². The summed E-state index contributed by atoms with van der Waals surface area (Å²) in [4.78, 5) is 14.6. The van der Waals surface area contributed by atoms with Crippen LogP contribution in [0.25, 0.3) is 11.0 Å². The van der Waals surface area contributed by atoms with Gasteiger partial charge in [-0.2, -0.15) is 0 Å². The van der Waals surface area contributed by atoms with Gasteiger partial charge in [-0.3, -0.25) is 10.1 Å². The predicted molar refractivity (Wildman–Crippen MR) is 94.3 cm³/mol. The molecule has 8 heteroatoms. The van der Waals surface area contributed by atoms with Crippen molar-refractivity contribution < 1.29 is 13.3 Å². The minimum atomic E-state index is -3.50. The van der Waals surface area contributed by atoms with E-state index in [1.165, 1.54) is 12.1 Å². The second kappa shape index (κ2) is 6.64. The molecule has 1 heterocycles. The Labute approximate surface area is 145 Å². The van der Waals surface area contributed by atoms with Crippen LogP contribution in [-0.2, 0) is 16.4 Å². The smallest absolute Gasteiger partial charge is 0.269 e. The van der Waals surface area contributed by atoms with Crippen molar-refractivity contribution in [3.8, 4) is 0 Å². The predicted octanol–water partition coefficient (Wildman–Crippen LogP) is 3.18. The Morgan fingerprint density at radius 2 is 1.80 bits per heavy atom. The number of sulfone groups is 1. The molecule has 0 spiro atoms. The highest BCUT2D eigenvalue weighted by atomic mass is 32.2. The molecular weight excluding hydrogens is 342 g/mol. The minimum Gasteiger partial charge on any atom is -0.310 e. The van der Waals surface area contributed by atoms with Crippen molar-refractivity contribution in [1.29, 1.82) is 0 Å². The standard InChI is InChI=1S/C17H17N3O4S/c1-2-11-25(23,24)17-18-15-5-3-4-6-16(15)19(17)12-13-7-9-14(10-8-13)20(21)22/h3-10H,2,11-12H2,1H3. The second-order valence-electron chi connectivity index (χ2n) is 5.71. The first-order valence-electron chi connectivity index (χ1n) is 7.83. The fraction of sp³-hybridized carbons (Fsp3) is 0.235. The largest absolute Gasteiger partial charge is 0.310 e. The number of rotatable bonds is 6. The summed E-state index contributed by atoms with van der Waals surface area (Å²) in [5, 5.41) is 10.8. The molecule has 25 heavy (non-hydrogen) atoms. The molecule has 0 N–H and O–H groups in total. The number of aromatic nitrogens is 2. The summed E-state index contributed by atoms with van der Waals surface area (Å²) in [6, 6.07) is 13.3. The summed E-state index contributed by atoms with van der Waals surface area (Å²) in [6.07, 6.45) is 0.503. The number of nitro benzene ring substituents is 1. The zero-order valence-electron chi connectivity index (χ0n) is 13.6. The van der Waals surface area contributed by atoms with Gasteiger partial charge in [0.05, 0.1) is 28.3 Å². The van der Waals surface area contributed by atoms with Crippen LogP contribution in [0.3, 0.4) is 0 Å². The lowest BCUT2D eigenvalue weighted by Crippen LogP contribution is -2.14. The van der Waals surface area contributed by atoms with E-state index in [9.17, 15) is 18.5 Å². The third-order valence-corrected chi connectivity index (χ3v) is 5.67. The molecule has 0 unspecified atom stereocenters. The van der Waals surface area contributed by atoms with Crippen LogP contribution in [0.15, 0.2) is 53.7 Å². The first-order chi connectivity index (χ1) is 11.9. The molecular formula is C17H17N3O4S. The van der Waals surface area contributed by atoms with Crippen molar-refractivity contribution in [2.24, 2.45) is 0 Å². The number of nitrogens with zero attached hydrogens (tertiary/aromatic N) is 3. The molecule has 0 saturated carbocycles. The number of fused-ring (bicyclic) bond motifs is 1. The van der Waals surface area contributed by atoms with Crippen LogP contribution in [0.4, 0.5) is 5.69 Å². The number of hydrogen-bond acceptors (Lipinski definition) is 5. The fourth-order valence-corrected chi connectivity index (χ4v) is 4.17. The monoisotopic (exact) mass is 359 g/mol. The van der Waals surface area contributed by atoms with E-state index in [0.29, 0.717) is 11.9 Å². The number of hydrogen-bond donors (Lipinski definition) is 0. The molecule has 0 aliphatic heterocycles. The highest BCUT2D eigenvalue weighted by Crippen LogP contribution is 2.23. The lowest BCUT2D eigenvalue weighted by molar-refractivity contribution is -0.384. The minimum absolute atomic E-state index is 0.00179. The lowest BCUT2D eigenvalue weighted by atomic mass is 10.2. The molecule has 7 nitrogen and oxygen atoms in total. The van der Waals surface area contributed by atoms with Crippen molar-refractivity contribution >= 4 is 26.6 Å². The molecule has 1 aromatic heterocycles. The summed E-state index contributed by atoms with van der Waals surface area (Å²) in [5.74, 6) is 0.0244. The van der Waals surface area contributed by atoms with Crippen LogP contribution >= 0.6 is 0 Å². The van der Waals surface area contributed by atoms with Crippen molar-refractivity contribution in [3.05, 3.63) is 64.2 Å². The van der Waals surface area contributed by atoms with E-state index < -0.39 is 14.8 Å². The van der Waals surface area contributed by atoms with Gasteiger partial charge in [-0.25, -0.2) is 13.4 Å². The van der Waals surface area contributed by atoms with Gasteiger partial charge in [-0.05, 0) is 24.1 Å². The molecule has 0 atom stereocenters. The Balaban J connectivity index is 2.09. The van der Waals surface area contributed by atoms with Crippen molar-refractivity contribution in [3.63, 3.8) is 0 Å².